The van der Waals surface area contributed by atoms with Crippen molar-refractivity contribution in [2.75, 3.05) is 13.2 Å². The standard InChI is InChI=1S/C71H138O6/c1-4-7-10-13-16-19-22-25-28-30-32-34-36-38-40-43-46-49-52-55-58-61-64-70(73)76-67-68(66-75-69(72)63-60-57-54-51-48-45-42-27-24-21-18-15-12-9-6-3)77-71(74)65-62-59-56-53-50-47-44-41-39-37-35-33-31-29-26-23-20-17-14-11-8-5-2/h68H,4-67H2,1-3H3. The molecule has 0 aliphatic rings. The maximum atomic E-state index is 13.0. The van der Waals surface area contributed by atoms with Crippen molar-refractivity contribution in [3.63, 3.8) is 0 Å². The van der Waals surface area contributed by atoms with Gasteiger partial charge in [-0.2, -0.15) is 0 Å². The predicted molar refractivity (Wildman–Crippen MR) is 335 cm³/mol. The highest BCUT2D eigenvalue weighted by atomic mass is 16.6. The van der Waals surface area contributed by atoms with Gasteiger partial charge in [0.1, 0.15) is 13.2 Å². The molecule has 6 heteroatoms. The topological polar surface area (TPSA) is 78.9 Å². The lowest BCUT2D eigenvalue weighted by atomic mass is 10.0. The minimum absolute atomic E-state index is 0.0600. The average Bonchev–Trinajstić information content (AvgIpc) is 3.43. The summed E-state index contributed by atoms with van der Waals surface area (Å²) in [6, 6.07) is 0. The molecule has 0 radical (unpaired) electrons. The van der Waals surface area contributed by atoms with Crippen LogP contribution in [0.5, 0.6) is 0 Å². The zero-order valence-corrected chi connectivity index (χ0v) is 52.8. The van der Waals surface area contributed by atoms with E-state index in [1.165, 1.54) is 321 Å². The van der Waals surface area contributed by atoms with Crippen LogP contribution in [-0.4, -0.2) is 37.2 Å². The lowest BCUT2D eigenvalue weighted by molar-refractivity contribution is -0.167. The van der Waals surface area contributed by atoms with Crippen molar-refractivity contribution in [2.45, 2.75) is 425 Å². The third-order valence-electron chi connectivity index (χ3n) is 16.6. The molecule has 1 unspecified atom stereocenters. The third-order valence-corrected chi connectivity index (χ3v) is 16.6. The lowest BCUT2D eigenvalue weighted by Crippen LogP contribution is -2.30. The van der Waals surface area contributed by atoms with Gasteiger partial charge in [-0.05, 0) is 19.3 Å². The van der Waals surface area contributed by atoms with Crippen molar-refractivity contribution in [3.05, 3.63) is 0 Å². The molecule has 0 heterocycles. The normalized spacial score (nSPS) is 11.9. The molecule has 0 saturated carbocycles. The number of esters is 3. The Labute approximate surface area is 482 Å². The molecule has 6 nitrogen and oxygen atoms in total. The first-order valence-electron chi connectivity index (χ1n) is 35.5. The van der Waals surface area contributed by atoms with Gasteiger partial charge in [-0.3, -0.25) is 14.4 Å². The van der Waals surface area contributed by atoms with Crippen LogP contribution >= 0.6 is 0 Å². The number of ether oxygens (including phenoxy) is 3. The summed E-state index contributed by atoms with van der Waals surface area (Å²) in [5.41, 5.74) is 0. The lowest BCUT2D eigenvalue weighted by Gasteiger charge is -2.18. The molecule has 458 valence electrons. The number of carbonyl (C=O) groups is 3. The van der Waals surface area contributed by atoms with Crippen LogP contribution in [0.25, 0.3) is 0 Å². The van der Waals surface area contributed by atoms with E-state index in [-0.39, 0.29) is 31.1 Å². The van der Waals surface area contributed by atoms with Gasteiger partial charge in [0.25, 0.3) is 0 Å². The van der Waals surface area contributed by atoms with Crippen molar-refractivity contribution in [2.24, 2.45) is 0 Å². The van der Waals surface area contributed by atoms with Crippen molar-refractivity contribution < 1.29 is 28.6 Å². The minimum atomic E-state index is -0.763. The Balaban J connectivity index is 4.23. The summed E-state index contributed by atoms with van der Waals surface area (Å²) in [6.07, 6.45) is 78.4. The van der Waals surface area contributed by atoms with Crippen LogP contribution in [-0.2, 0) is 28.6 Å². The van der Waals surface area contributed by atoms with Crippen LogP contribution < -0.4 is 0 Å². The van der Waals surface area contributed by atoms with Gasteiger partial charge in [0, 0.05) is 19.3 Å². The van der Waals surface area contributed by atoms with Gasteiger partial charge >= 0.3 is 17.9 Å². The van der Waals surface area contributed by atoms with E-state index in [0.29, 0.717) is 19.3 Å². The fourth-order valence-electron chi connectivity index (χ4n) is 11.3. The quantitative estimate of drug-likeness (QED) is 0.0343. The Kier molecular flexibility index (Phi) is 65.5. The van der Waals surface area contributed by atoms with E-state index >= 15 is 0 Å². The molecule has 1 atom stereocenters. The molecule has 0 rings (SSSR count). The summed E-state index contributed by atoms with van der Waals surface area (Å²) in [6.45, 7) is 6.75. The van der Waals surface area contributed by atoms with Gasteiger partial charge in [0.2, 0.25) is 0 Å². The van der Waals surface area contributed by atoms with Crippen LogP contribution in [0.4, 0.5) is 0 Å². The van der Waals surface area contributed by atoms with Crippen molar-refractivity contribution in [3.8, 4) is 0 Å². The van der Waals surface area contributed by atoms with Crippen molar-refractivity contribution >= 4 is 17.9 Å². The van der Waals surface area contributed by atoms with Crippen LogP contribution in [0, 0.1) is 0 Å². The molecule has 0 aromatic heterocycles. The summed E-state index contributed by atoms with van der Waals surface area (Å²) in [5.74, 6) is -0.818. The molecule has 0 amide bonds. The second-order valence-electron chi connectivity index (χ2n) is 24.5. The molecule has 77 heavy (non-hydrogen) atoms. The monoisotopic (exact) mass is 1090 g/mol. The smallest absolute Gasteiger partial charge is 0.306 e. The SMILES string of the molecule is CCCCCCCCCCCCCCCCCCCCCCCCC(=O)OCC(COC(=O)CCCCCCCCCCCCCCCCC)OC(=O)CCCCCCCCCCCCCCCCCCCCCCCC. The highest BCUT2D eigenvalue weighted by molar-refractivity contribution is 5.71. The van der Waals surface area contributed by atoms with Crippen LogP contribution in [0.2, 0.25) is 0 Å². The van der Waals surface area contributed by atoms with E-state index in [2.05, 4.69) is 20.8 Å². The van der Waals surface area contributed by atoms with E-state index in [4.69, 9.17) is 14.2 Å². The highest BCUT2D eigenvalue weighted by Gasteiger charge is 2.19. The largest absolute Gasteiger partial charge is 0.462 e. The molecule has 0 saturated heterocycles. The zero-order chi connectivity index (χ0) is 55.7. The summed E-state index contributed by atoms with van der Waals surface area (Å²) in [7, 11) is 0. The summed E-state index contributed by atoms with van der Waals surface area (Å²) in [5, 5.41) is 0. The number of carbonyl (C=O) groups excluding carboxylic acids is 3. The Hall–Kier alpha value is -1.59. The van der Waals surface area contributed by atoms with E-state index in [9.17, 15) is 14.4 Å². The Morgan fingerprint density at radius 1 is 0.208 bits per heavy atom. The van der Waals surface area contributed by atoms with Gasteiger partial charge < -0.3 is 14.2 Å². The summed E-state index contributed by atoms with van der Waals surface area (Å²) >= 11 is 0. The Bertz CT molecular complexity index is 1160. The average molecular weight is 1090 g/mol. The van der Waals surface area contributed by atoms with Gasteiger partial charge in [-0.25, -0.2) is 0 Å². The van der Waals surface area contributed by atoms with Crippen LogP contribution in [0.1, 0.15) is 419 Å². The summed E-state index contributed by atoms with van der Waals surface area (Å²) in [4.78, 5) is 38.4. The number of hydrogen-bond donors (Lipinski definition) is 0. The molecule has 0 aliphatic heterocycles. The number of hydrogen-bond acceptors (Lipinski definition) is 6. The maximum Gasteiger partial charge on any atom is 0.306 e. The van der Waals surface area contributed by atoms with Crippen LogP contribution in [0.3, 0.4) is 0 Å². The van der Waals surface area contributed by atoms with Crippen molar-refractivity contribution in [1.29, 1.82) is 0 Å². The molecule has 0 fully saturated rings. The fraction of sp³-hybridized carbons (Fsp3) is 0.958. The van der Waals surface area contributed by atoms with E-state index in [1.54, 1.807) is 0 Å². The zero-order valence-electron chi connectivity index (χ0n) is 52.8. The minimum Gasteiger partial charge on any atom is -0.462 e. The van der Waals surface area contributed by atoms with Gasteiger partial charge in [-0.1, -0.05) is 380 Å². The fourth-order valence-corrected chi connectivity index (χ4v) is 11.3. The molecular formula is C71H138O6. The molecular weight excluding hydrogens is 949 g/mol. The number of unbranched alkanes of at least 4 members (excludes halogenated alkanes) is 56. The van der Waals surface area contributed by atoms with Crippen molar-refractivity contribution in [1.82, 2.24) is 0 Å². The second kappa shape index (κ2) is 66.9. The van der Waals surface area contributed by atoms with Gasteiger partial charge in [0.05, 0.1) is 0 Å². The van der Waals surface area contributed by atoms with E-state index < -0.39 is 6.10 Å². The molecule has 0 spiro atoms. The number of rotatable bonds is 67. The van der Waals surface area contributed by atoms with Gasteiger partial charge in [0.15, 0.2) is 6.10 Å². The molecule has 0 aromatic carbocycles. The predicted octanol–water partition coefficient (Wildman–Crippen LogP) is 24.2. The first-order valence-corrected chi connectivity index (χ1v) is 35.5. The second-order valence-corrected chi connectivity index (χ2v) is 24.5. The van der Waals surface area contributed by atoms with E-state index in [0.717, 1.165) is 57.8 Å². The maximum absolute atomic E-state index is 13.0. The van der Waals surface area contributed by atoms with Crippen LogP contribution in [0.15, 0.2) is 0 Å². The highest BCUT2D eigenvalue weighted by Crippen LogP contribution is 2.19. The van der Waals surface area contributed by atoms with E-state index in [1.807, 2.05) is 0 Å². The van der Waals surface area contributed by atoms with Gasteiger partial charge in [-0.15, -0.1) is 0 Å². The Morgan fingerprint density at radius 3 is 0.519 bits per heavy atom. The Morgan fingerprint density at radius 2 is 0.351 bits per heavy atom. The molecule has 0 aliphatic carbocycles. The summed E-state index contributed by atoms with van der Waals surface area (Å²) < 4.78 is 17.0. The third kappa shape index (κ3) is 65.1. The molecule has 0 aromatic rings. The molecule has 0 N–H and O–H groups in total. The molecule has 0 bridgehead atoms. The first-order chi connectivity index (χ1) is 38.0. The first kappa shape index (κ1) is 75.4.